The lowest BCUT2D eigenvalue weighted by atomic mass is 9.97. The molecule has 0 spiro atoms. The van der Waals surface area contributed by atoms with Crippen LogP contribution in [0.2, 0.25) is 0 Å². The summed E-state index contributed by atoms with van der Waals surface area (Å²) in [5.74, 6) is -2.11. The van der Waals surface area contributed by atoms with Gasteiger partial charge in [0, 0.05) is 47.4 Å². The average Bonchev–Trinajstić information content (AvgIpc) is 3.29. The molecule has 1 heterocycles. The van der Waals surface area contributed by atoms with Crippen molar-refractivity contribution in [3.8, 4) is 28.5 Å². The summed E-state index contributed by atoms with van der Waals surface area (Å²) in [7, 11) is 1.51. The molecule has 0 saturated heterocycles. The number of rotatable bonds is 8. The molecule has 0 radical (unpaired) electrons. The molecular formula is C28H24FN5O4. The van der Waals surface area contributed by atoms with Gasteiger partial charge in [-0.25, -0.2) is 4.39 Å². The van der Waals surface area contributed by atoms with Gasteiger partial charge in [0.1, 0.15) is 17.2 Å². The molecule has 192 valence electrons. The van der Waals surface area contributed by atoms with Crippen molar-refractivity contribution in [2.75, 3.05) is 18.9 Å². The predicted octanol–water partition coefficient (Wildman–Crippen LogP) is 3.80. The van der Waals surface area contributed by atoms with Gasteiger partial charge in [-0.2, -0.15) is 5.26 Å². The SMILES string of the molecule is CCNc1cc2oc(-c3ccc(F)cc3)c(C(=O)NC)c2cc1-c1cccc(C(=O)NC(C#N)C(N)=O)c1. The van der Waals surface area contributed by atoms with Gasteiger partial charge in [-0.3, -0.25) is 14.4 Å². The number of nitrogens with one attached hydrogen (secondary N) is 3. The van der Waals surface area contributed by atoms with Crippen LogP contribution in [0.3, 0.4) is 0 Å². The number of primary amides is 1. The number of carbonyl (C=O) groups excluding carboxylic acids is 3. The topological polar surface area (TPSA) is 150 Å². The third-order valence-corrected chi connectivity index (χ3v) is 5.88. The molecule has 4 rings (SSSR count). The van der Waals surface area contributed by atoms with Crippen molar-refractivity contribution < 1.29 is 23.2 Å². The van der Waals surface area contributed by atoms with Gasteiger partial charge in [0.15, 0.2) is 6.04 Å². The summed E-state index contributed by atoms with van der Waals surface area (Å²) >= 11 is 0. The molecule has 1 unspecified atom stereocenters. The molecule has 0 aliphatic rings. The monoisotopic (exact) mass is 513 g/mol. The molecule has 38 heavy (non-hydrogen) atoms. The number of hydrogen-bond donors (Lipinski definition) is 4. The zero-order valence-corrected chi connectivity index (χ0v) is 20.6. The van der Waals surface area contributed by atoms with Gasteiger partial charge >= 0.3 is 0 Å². The summed E-state index contributed by atoms with van der Waals surface area (Å²) < 4.78 is 19.6. The Morgan fingerprint density at radius 3 is 2.42 bits per heavy atom. The van der Waals surface area contributed by atoms with Crippen molar-refractivity contribution >= 4 is 34.4 Å². The van der Waals surface area contributed by atoms with E-state index in [1.165, 1.54) is 31.3 Å². The minimum absolute atomic E-state index is 0.206. The van der Waals surface area contributed by atoms with Crippen molar-refractivity contribution in [3.63, 3.8) is 0 Å². The fourth-order valence-corrected chi connectivity index (χ4v) is 4.08. The van der Waals surface area contributed by atoms with Crippen molar-refractivity contribution in [1.82, 2.24) is 10.6 Å². The first-order chi connectivity index (χ1) is 18.3. The molecule has 0 aliphatic carbocycles. The van der Waals surface area contributed by atoms with Crippen molar-refractivity contribution in [2.24, 2.45) is 5.73 Å². The predicted molar refractivity (Wildman–Crippen MR) is 141 cm³/mol. The highest BCUT2D eigenvalue weighted by Gasteiger charge is 2.24. The lowest BCUT2D eigenvalue weighted by molar-refractivity contribution is -0.118. The van der Waals surface area contributed by atoms with Gasteiger partial charge in [0.05, 0.1) is 11.6 Å². The van der Waals surface area contributed by atoms with E-state index in [1.807, 2.05) is 6.92 Å². The summed E-state index contributed by atoms with van der Waals surface area (Å²) in [5.41, 5.74) is 8.62. The molecule has 9 nitrogen and oxygen atoms in total. The van der Waals surface area contributed by atoms with E-state index in [-0.39, 0.29) is 17.0 Å². The molecular weight excluding hydrogens is 489 g/mol. The number of nitriles is 1. The second-order valence-electron chi connectivity index (χ2n) is 8.34. The first-order valence-corrected chi connectivity index (χ1v) is 11.7. The van der Waals surface area contributed by atoms with E-state index < -0.39 is 23.7 Å². The number of furan rings is 1. The van der Waals surface area contributed by atoms with Crippen LogP contribution in [0, 0.1) is 17.1 Å². The normalized spacial score (nSPS) is 11.4. The highest BCUT2D eigenvalue weighted by Crippen LogP contribution is 2.40. The number of fused-ring (bicyclic) bond motifs is 1. The zero-order valence-electron chi connectivity index (χ0n) is 20.6. The van der Waals surface area contributed by atoms with Gasteiger partial charge in [0.2, 0.25) is 0 Å². The van der Waals surface area contributed by atoms with Crippen molar-refractivity contribution in [2.45, 2.75) is 13.0 Å². The molecule has 0 saturated carbocycles. The Bertz CT molecular complexity index is 1590. The smallest absolute Gasteiger partial charge is 0.255 e. The molecule has 1 atom stereocenters. The van der Waals surface area contributed by atoms with Crippen LogP contribution in [0.25, 0.3) is 33.4 Å². The van der Waals surface area contributed by atoms with Crippen LogP contribution >= 0.6 is 0 Å². The van der Waals surface area contributed by atoms with Crippen LogP contribution < -0.4 is 21.7 Å². The van der Waals surface area contributed by atoms with E-state index in [0.29, 0.717) is 45.7 Å². The van der Waals surface area contributed by atoms with Crippen LogP contribution in [0.4, 0.5) is 10.1 Å². The highest BCUT2D eigenvalue weighted by molar-refractivity contribution is 6.13. The summed E-state index contributed by atoms with van der Waals surface area (Å²) in [6.07, 6.45) is 0. The van der Waals surface area contributed by atoms with E-state index in [4.69, 9.17) is 15.4 Å². The number of hydrogen-bond acceptors (Lipinski definition) is 6. The van der Waals surface area contributed by atoms with Crippen molar-refractivity contribution in [1.29, 1.82) is 5.26 Å². The fraction of sp³-hybridized carbons (Fsp3) is 0.143. The van der Waals surface area contributed by atoms with Gasteiger partial charge in [-0.15, -0.1) is 0 Å². The maximum atomic E-state index is 13.5. The van der Waals surface area contributed by atoms with E-state index in [9.17, 15) is 18.8 Å². The molecule has 0 fully saturated rings. The Morgan fingerprint density at radius 2 is 1.79 bits per heavy atom. The number of amides is 3. The number of anilines is 1. The summed E-state index contributed by atoms with van der Waals surface area (Å²) in [5, 5.41) is 17.8. The summed E-state index contributed by atoms with van der Waals surface area (Å²) in [4.78, 5) is 37.0. The molecule has 1 aromatic heterocycles. The fourth-order valence-electron chi connectivity index (χ4n) is 4.08. The van der Waals surface area contributed by atoms with Crippen LogP contribution in [0.5, 0.6) is 0 Å². The number of nitrogens with zero attached hydrogens (tertiary/aromatic N) is 1. The molecule has 5 N–H and O–H groups in total. The molecule has 10 heteroatoms. The maximum Gasteiger partial charge on any atom is 0.255 e. The zero-order chi connectivity index (χ0) is 27.4. The molecule has 3 amide bonds. The summed E-state index contributed by atoms with van der Waals surface area (Å²) in [6.45, 7) is 2.50. The Labute approximate surface area is 217 Å². The first kappa shape index (κ1) is 25.9. The van der Waals surface area contributed by atoms with Gasteiger partial charge < -0.3 is 26.1 Å². The third kappa shape index (κ3) is 5.03. The number of carbonyl (C=O) groups is 3. The standard InChI is InChI=1S/C28H24FN5O4/c1-3-33-21-13-23-20(24(28(37)32-2)25(38-23)15-7-9-18(29)10-8-15)12-19(21)16-5-4-6-17(11-16)27(36)34-22(14-30)26(31)35/h4-13,22,33H,3H2,1-2H3,(H2,31,35)(H,32,37)(H,34,36). The van der Waals surface area contributed by atoms with Gasteiger partial charge in [-0.1, -0.05) is 12.1 Å². The average molecular weight is 514 g/mol. The number of nitrogens with two attached hydrogens (primary N) is 1. The van der Waals surface area contributed by atoms with Crippen LogP contribution in [-0.4, -0.2) is 37.4 Å². The second kappa shape index (κ2) is 10.8. The number of halogens is 1. The quantitative estimate of drug-likeness (QED) is 0.281. The first-order valence-electron chi connectivity index (χ1n) is 11.7. The lowest BCUT2D eigenvalue weighted by Gasteiger charge is -2.13. The Balaban J connectivity index is 1.88. The molecule has 4 aromatic rings. The Morgan fingerprint density at radius 1 is 1.05 bits per heavy atom. The van der Waals surface area contributed by atoms with E-state index in [1.54, 1.807) is 42.5 Å². The van der Waals surface area contributed by atoms with Gasteiger partial charge in [0.25, 0.3) is 17.7 Å². The Kier molecular flexibility index (Phi) is 7.39. The largest absolute Gasteiger partial charge is 0.455 e. The molecule has 0 bridgehead atoms. The number of benzene rings is 3. The second-order valence-corrected chi connectivity index (χ2v) is 8.34. The minimum atomic E-state index is -1.47. The van der Waals surface area contributed by atoms with Gasteiger partial charge in [-0.05, 0) is 55.0 Å². The van der Waals surface area contributed by atoms with Crippen LogP contribution in [-0.2, 0) is 4.79 Å². The Hall–Kier alpha value is -5.17. The van der Waals surface area contributed by atoms with Crippen LogP contribution in [0.15, 0.2) is 65.1 Å². The van der Waals surface area contributed by atoms with Crippen molar-refractivity contribution in [3.05, 3.63) is 77.6 Å². The molecule has 0 aliphatic heterocycles. The minimum Gasteiger partial charge on any atom is -0.455 e. The maximum absolute atomic E-state index is 13.5. The van der Waals surface area contributed by atoms with E-state index >= 15 is 0 Å². The van der Waals surface area contributed by atoms with Crippen LogP contribution in [0.1, 0.15) is 27.6 Å². The lowest BCUT2D eigenvalue weighted by Crippen LogP contribution is -2.43. The highest BCUT2D eigenvalue weighted by atomic mass is 19.1. The summed E-state index contributed by atoms with van der Waals surface area (Å²) in [6, 6.07) is 16.0. The molecule has 3 aromatic carbocycles. The third-order valence-electron chi connectivity index (χ3n) is 5.88. The van der Waals surface area contributed by atoms with E-state index in [2.05, 4.69) is 16.0 Å². The van der Waals surface area contributed by atoms with E-state index in [0.717, 1.165) is 0 Å².